The summed E-state index contributed by atoms with van der Waals surface area (Å²) in [7, 11) is -1.59. The maximum atomic E-state index is 9.31. The van der Waals surface area contributed by atoms with Gasteiger partial charge in [0.2, 0.25) is 0 Å². The first-order chi connectivity index (χ1) is 12.1. The SMILES string of the molecule is CC(C)(C)[Si](C)(C)OCCCCN1CCC2(CC1)CN(C(CO)CO)C2. The van der Waals surface area contributed by atoms with Crippen molar-refractivity contribution in [2.24, 2.45) is 5.41 Å². The fraction of sp³-hybridized carbons (Fsp3) is 1.00. The van der Waals surface area contributed by atoms with Crippen molar-refractivity contribution in [1.29, 1.82) is 0 Å². The normalized spacial score (nSPS) is 22.2. The van der Waals surface area contributed by atoms with Crippen LogP contribution in [0.15, 0.2) is 0 Å². The topological polar surface area (TPSA) is 56.2 Å². The monoisotopic (exact) mass is 386 g/mol. The smallest absolute Gasteiger partial charge is 0.191 e. The predicted octanol–water partition coefficient (Wildman–Crippen LogP) is 2.54. The van der Waals surface area contributed by atoms with Crippen LogP contribution in [-0.2, 0) is 4.43 Å². The standard InChI is InChI=1S/C20H42N2O3Si/c1-19(2,3)26(4,5)25-13-7-6-10-21-11-8-20(9-12-21)16-22(17-20)18(14-23)15-24/h18,23-24H,6-17H2,1-5H3. The van der Waals surface area contributed by atoms with Crippen LogP contribution in [0, 0.1) is 5.41 Å². The zero-order valence-corrected chi connectivity index (χ0v) is 18.8. The summed E-state index contributed by atoms with van der Waals surface area (Å²) in [6, 6.07) is -0.0560. The fourth-order valence-corrected chi connectivity index (χ4v) is 5.00. The van der Waals surface area contributed by atoms with E-state index in [4.69, 9.17) is 4.43 Å². The quantitative estimate of drug-likeness (QED) is 0.471. The van der Waals surface area contributed by atoms with Crippen molar-refractivity contribution < 1.29 is 14.6 Å². The Hall–Kier alpha value is 0.0169. The van der Waals surface area contributed by atoms with E-state index in [-0.39, 0.29) is 19.3 Å². The molecule has 2 aliphatic rings. The summed E-state index contributed by atoms with van der Waals surface area (Å²) in [4.78, 5) is 4.85. The molecule has 2 saturated heterocycles. The van der Waals surface area contributed by atoms with Gasteiger partial charge in [0.1, 0.15) is 0 Å². The summed E-state index contributed by atoms with van der Waals surface area (Å²) < 4.78 is 6.27. The van der Waals surface area contributed by atoms with Crippen LogP contribution in [-0.4, -0.2) is 86.9 Å². The fourth-order valence-electron chi connectivity index (χ4n) is 3.91. The van der Waals surface area contributed by atoms with Gasteiger partial charge in [-0.3, -0.25) is 4.90 Å². The molecule has 26 heavy (non-hydrogen) atoms. The van der Waals surface area contributed by atoms with Gasteiger partial charge in [-0.25, -0.2) is 0 Å². The number of hydrogen-bond acceptors (Lipinski definition) is 5. The van der Waals surface area contributed by atoms with Crippen LogP contribution in [0.5, 0.6) is 0 Å². The zero-order chi connectivity index (χ0) is 19.4. The highest BCUT2D eigenvalue weighted by Crippen LogP contribution is 2.41. The number of hydrogen-bond donors (Lipinski definition) is 2. The highest BCUT2D eigenvalue weighted by Gasteiger charge is 2.46. The number of aliphatic hydroxyl groups is 2. The van der Waals surface area contributed by atoms with E-state index in [0.29, 0.717) is 10.5 Å². The number of likely N-dealkylation sites (tertiary alicyclic amines) is 2. The molecule has 2 aliphatic heterocycles. The van der Waals surface area contributed by atoms with Crippen molar-refractivity contribution in [3.63, 3.8) is 0 Å². The molecule has 154 valence electrons. The first-order valence-corrected chi connectivity index (χ1v) is 13.4. The molecular formula is C20H42N2O3Si. The Bertz CT molecular complexity index is 419. The Morgan fingerprint density at radius 1 is 1.04 bits per heavy atom. The first kappa shape index (κ1) is 22.3. The van der Waals surface area contributed by atoms with E-state index >= 15 is 0 Å². The molecule has 0 aromatic carbocycles. The molecule has 5 nitrogen and oxygen atoms in total. The maximum absolute atomic E-state index is 9.31. The Labute approximate surface area is 161 Å². The Balaban J connectivity index is 1.58. The zero-order valence-electron chi connectivity index (χ0n) is 17.8. The van der Waals surface area contributed by atoms with Crippen molar-refractivity contribution in [3.05, 3.63) is 0 Å². The second kappa shape index (κ2) is 9.01. The van der Waals surface area contributed by atoms with E-state index in [9.17, 15) is 10.2 Å². The van der Waals surface area contributed by atoms with Gasteiger partial charge in [0.25, 0.3) is 0 Å². The van der Waals surface area contributed by atoms with E-state index in [1.807, 2.05) is 0 Å². The van der Waals surface area contributed by atoms with Crippen molar-refractivity contribution in [1.82, 2.24) is 9.80 Å². The van der Waals surface area contributed by atoms with Gasteiger partial charge in [-0.2, -0.15) is 0 Å². The molecular weight excluding hydrogens is 344 g/mol. The molecule has 2 N–H and O–H groups in total. The van der Waals surface area contributed by atoms with E-state index in [0.717, 1.165) is 26.1 Å². The molecule has 2 heterocycles. The minimum absolute atomic E-state index is 0.0560. The van der Waals surface area contributed by atoms with E-state index < -0.39 is 8.32 Å². The minimum Gasteiger partial charge on any atom is -0.417 e. The lowest BCUT2D eigenvalue weighted by Crippen LogP contribution is -2.64. The molecule has 6 heteroatoms. The lowest BCUT2D eigenvalue weighted by Gasteiger charge is -2.56. The lowest BCUT2D eigenvalue weighted by atomic mass is 9.71. The molecule has 0 amide bonds. The van der Waals surface area contributed by atoms with E-state index in [1.54, 1.807) is 0 Å². The highest BCUT2D eigenvalue weighted by molar-refractivity contribution is 6.74. The number of unbranched alkanes of at least 4 members (excludes halogenated alkanes) is 1. The molecule has 0 atom stereocenters. The Kier molecular flexibility index (Phi) is 7.73. The van der Waals surface area contributed by atoms with Crippen molar-refractivity contribution in [3.8, 4) is 0 Å². The first-order valence-electron chi connectivity index (χ1n) is 10.4. The summed E-state index contributed by atoms with van der Waals surface area (Å²) in [6.07, 6.45) is 4.91. The summed E-state index contributed by atoms with van der Waals surface area (Å²) in [5.74, 6) is 0. The van der Waals surface area contributed by atoms with Gasteiger partial charge < -0.3 is 19.5 Å². The molecule has 1 spiro atoms. The molecule has 0 aromatic rings. The number of rotatable bonds is 9. The van der Waals surface area contributed by atoms with Gasteiger partial charge in [0.15, 0.2) is 8.32 Å². The third-order valence-corrected chi connectivity index (χ3v) is 11.6. The van der Waals surface area contributed by atoms with Gasteiger partial charge in [-0.15, -0.1) is 0 Å². The maximum Gasteiger partial charge on any atom is 0.191 e. The number of aliphatic hydroxyl groups excluding tert-OH is 2. The summed E-state index contributed by atoms with van der Waals surface area (Å²) in [5.41, 5.74) is 0.449. The van der Waals surface area contributed by atoms with Gasteiger partial charge >= 0.3 is 0 Å². The molecule has 0 aliphatic carbocycles. The second-order valence-electron chi connectivity index (χ2n) is 10.1. The van der Waals surface area contributed by atoms with Gasteiger partial charge in [-0.05, 0) is 68.9 Å². The Morgan fingerprint density at radius 2 is 1.62 bits per heavy atom. The number of piperidine rings is 1. The van der Waals surface area contributed by atoms with Crippen LogP contribution < -0.4 is 0 Å². The Morgan fingerprint density at radius 3 is 2.12 bits per heavy atom. The van der Waals surface area contributed by atoms with E-state index in [1.165, 1.54) is 38.9 Å². The van der Waals surface area contributed by atoms with Crippen molar-refractivity contribution >= 4 is 8.32 Å². The lowest BCUT2D eigenvalue weighted by molar-refractivity contribution is -0.0888. The molecule has 2 fully saturated rings. The molecule has 2 rings (SSSR count). The third-order valence-electron chi connectivity index (χ3n) is 7.07. The molecule has 0 radical (unpaired) electrons. The average molecular weight is 387 g/mol. The van der Waals surface area contributed by atoms with Gasteiger partial charge in [-0.1, -0.05) is 20.8 Å². The summed E-state index contributed by atoms with van der Waals surface area (Å²) in [6.45, 7) is 18.3. The van der Waals surface area contributed by atoms with Crippen LogP contribution >= 0.6 is 0 Å². The largest absolute Gasteiger partial charge is 0.417 e. The molecule has 0 bridgehead atoms. The number of nitrogens with zero attached hydrogens (tertiary/aromatic N) is 2. The predicted molar refractivity (Wildman–Crippen MR) is 110 cm³/mol. The van der Waals surface area contributed by atoms with Crippen LogP contribution in [0.3, 0.4) is 0 Å². The van der Waals surface area contributed by atoms with Gasteiger partial charge in [0.05, 0.1) is 19.3 Å². The molecule has 0 unspecified atom stereocenters. The van der Waals surface area contributed by atoms with Crippen LogP contribution in [0.25, 0.3) is 0 Å². The highest BCUT2D eigenvalue weighted by atomic mass is 28.4. The van der Waals surface area contributed by atoms with Gasteiger partial charge in [0, 0.05) is 19.7 Å². The van der Waals surface area contributed by atoms with Crippen molar-refractivity contribution in [2.45, 2.75) is 70.6 Å². The van der Waals surface area contributed by atoms with E-state index in [2.05, 4.69) is 43.7 Å². The molecule has 0 aromatic heterocycles. The van der Waals surface area contributed by atoms with Crippen LogP contribution in [0.2, 0.25) is 18.1 Å². The van der Waals surface area contributed by atoms with Crippen LogP contribution in [0.4, 0.5) is 0 Å². The van der Waals surface area contributed by atoms with Crippen molar-refractivity contribution in [2.75, 3.05) is 52.5 Å². The molecule has 0 saturated carbocycles. The van der Waals surface area contributed by atoms with Crippen LogP contribution in [0.1, 0.15) is 46.5 Å². The second-order valence-corrected chi connectivity index (χ2v) is 14.9. The average Bonchev–Trinajstić information content (AvgIpc) is 2.54. The summed E-state index contributed by atoms with van der Waals surface area (Å²) >= 11 is 0. The minimum atomic E-state index is -1.59. The summed E-state index contributed by atoms with van der Waals surface area (Å²) in [5, 5.41) is 18.9. The third kappa shape index (κ3) is 5.52.